The number of likely N-dealkylation sites (N-methyl/N-ethyl adjacent to an activating group) is 1. The fraction of sp³-hybridized carbons (Fsp3) is 0.533. The molecule has 3 rings (SSSR count). The third-order valence-corrected chi connectivity index (χ3v) is 4.84. The van der Waals surface area contributed by atoms with Gasteiger partial charge in [-0.25, -0.2) is 8.78 Å². The van der Waals surface area contributed by atoms with Crippen molar-refractivity contribution < 1.29 is 13.6 Å². The van der Waals surface area contributed by atoms with Crippen LogP contribution in [0.3, 0.4) is 0 Å². The maximum absolute atomic E-state index is 13.8. The van der Waals surface area contributed by atoms with E-state index in [0.29, 0.717) is 6.04 Å². The van der Waals surface area contributed by atoms with Gasteiger partial charge < -0.3 is 0 Å². The molecule has 0 spiro atoms. The lowest BCUT2D eigenvalue weighted by Gasteiger charge is -2.41. The standard InChI is InChI=1S/C15H17F2NO/c1-18-11-3-2-7-15(18,8-6-11)14(19)12-5-4-10(16)9-13(12)17/h4-5,9,11H,2-3,6-8H2,1H3. The summed E-state index contributed by atoms with van der Waals surface area (Å²) in [6.07, 6.45) is 4.66. The molecule has 4 heteroatoms. The Bertz CT molecular complexity index is 527. The molecule has 0 radical (unpaired) electrons. The minimum Gasteiger partial charge on any atom is -0.292 e. The van der Waals surface area contributed by atoms with Crippen LogP contribution < -0.4 is 0 Å². The van der Waals surface area contributed by atoms with Crippen molar-refractivity contribution in [2.45, 2.75) is 43.7 Å². The summed E-state index contributed by atoms with van der Waals surface area (Å²) in [7, 11) is 1.95. The SMILES string of the molecule is CN1C2CCCC1(C(=O)c1ccc(F)cc1F)CC2. The minimum absolute atomic E-state index is 0.0239. The molecule has 102 valence electrons. The zero-order valence-corrected chi connectivity index (χ0v) is 11.0. The van der Waals surface area contributed by atoms with Gasteiger partial charge in [0.2, 0.25) is 0 Å². The summed E-state index contributed by atoms with van der Waals surface area (Å²) in [5, 5.41) is 0. The van der Waals surface area contributed by atoms with Crippen LogP contribution >= 0.6 is 0 Å². The fourth-order valence-electron chi connectivity index (χ4n) is 3.71. The number of ketones is 1. The van der Waals surface area contributed by atoms with Crippen LogP contribution in [0.4, 0.5) is 8.78 Å². The van der Waals surface area contributed by atoms with Crippen molar-refractivity contribution in [2.75, 3.05) is 7.05 Å². The van der Waals surface area contributed by atoms with Crippen LogP contribution in [0.2, 0.25) is 0 Å². The highest BCUT2D eigenvalue weighted by Crippen LogP contribution is 2.44. The number of hydrogen-bond donors (Lipinski definition) is 0. The number of halogens is 2. The lowest BCUT2D eigenvalue weighted by molar-refractivity contribution is 0.0518. The summed E-state index contributed by atoms with van der Waals surface area (Å²) in [4.78, 5) is 14.8. The second-order valence-electron chi connectivity index (χ2n) is 5.68. The van der Waals surface area contributed by atoms with Crippen LogP contribution in [0.5, 0.6) is 0 Å². The Hall–Kier alpha value is -1.29. The van der Waals surface area contributed by atoms with Gasteiger partial charge in [0.1, 0.15) is 11.6 Å². The van der Waals surface area contributed by atoms with E-state index in [1.54, 1.807) is 0 Å². The number of piperidine rings is 1. The molecule has 0 aromatic heterocycles. The molecule has 1 aromatic carbocycles. The predicted octanol–water partition coefficient (Wildman–Crippen LogP) is 3.16. The van der Waals surface area contributed by atoms with Gasteiger partial charge in [0.05, 0.1) is 11.1 Å². The average Bonchev–Trinajstić information content (AvgIpc) is 2.59. The molecule has 2 unspecified atom stereocenters. The summed E-state index contributed by atoms with van der Waals surface area (Å²) in [5.41, 5.74) is -0.544. The van der Waals surface area contributed by atoms with E-state index in [1.807, 2.05) is 7.05 Å². The quantitative estimate of drug-likeness (QED) is 0.766. The van der Waals surface area contributed by atoms with Crippen LogP contribution in [-0.2, 0) is 0 Å². The Kier molecular flexibility index (Phi) is 2.93. The van der Waals surface area contributed by atoms with Gasteiger partial charge in [0.25, 0.3) is 0 Å². The average molecular weight is 265 g/mol. The smallest absolute Gasteiger partial charge is 0.186 e. The lowest BCUT2D eigenvalue weighted by atomic mass is 9.81. The van der Waals surface area contributed by atoms with Crippen LogP contribution in [0.1, 0.15) is 42.5 Å². The van der Waals surface area contributed by atoms with Crippen molar-refractivity contribution in [1.29, 1.82) is 0 Å². The van der Waals surface area contributed by atoms with E-state index in [-0.39, 0.29) is 11.3 Å². The van der Waals surface area contributed by atoms with Crippen LogP contribution in [0.15, 0.2) is 18.2 Å². The first-order chi connectivity index (χ1) is 9.04. The summed E-state index contributed by atoms with van der Waals surface area (Å²) in [5.74, 6) is -1.58. The highest BCUT2D eigenvalue weighted by Gasteiger charge is 2.52. The molecule has 0 aliphatic carbocycles. The van der Waals surface area contributed by atoms with Crippen LogP contribution in [0, 0.1) is 11.6 Å². The van der Waals surface area contributed by atoms with Crippen LogP contribution in [0.25, 0.3) is 0 Å². The zero-order chi connectivity index (χ0) is 13.6. The molecule has 2 aliphatic rings. The van der Waals surface area contributed by atoms with Crippen molar-refractivity contribution in [3.05, 3.63) is 35.4 Å². The molecule has 19 heavy (non-hydrogen) atoms. The first-order valence-electron chi connectivity index (χ1n) is 6.77. The van der Waals surface area contributed by atoms with Crippen molar-refractivity contribution in [3.63, 3.8) is 0 Å². The molecule has 2 saturated heterocycles. The van der Waals surface area contributed by atoms with Gasteiger partial charge in [-0.15, -0.1) is 0 Å². The van der Waals surface area contributed by atoms with E-state index in [4.69, 9.17) is 0 Å². The molecule has 1 aromatic rings. The number of nitrogens with zero attached hydrogens (tertiary/aromatic N) is 1. The van der Waals surface area contributed by atoms with Gasteiger partial charge in [0, 0.05) is 12.1 Å². The normalized spacial score (nSPS) is 30.6. The van der Waals surface area contributed by atoms with Gasteiger partial charge in [-0.05, 0) is 51.3 Å². The summed E-state index contributed by atoms with van der Waals surface area (Å²) in [6, 6.07) is 3.65. The second kappa shape index (κ2) is 4.37. The minimum atomic E-state index is -0.748. The molecular formula is C15H17F2NO. The zero-order valence-electron chi connectivity index (χ0n) is 11.0. The Morgan fingerprint density at radius 1 is 1.32 bits per heavy atom. The Morgan fingerprint density at radius 3 is 2.84 bits per heavy atom. The molecule has 2 fully saturated rings. The topological polar surface area (TPSA) is 20.3 Å². The molecular weight excluding hydrogens is 248 g/mol. The maximum atomic E-state index is 13.8. The molecule has 2 aliphatic heterocycles. The number of carbonyl (C=O) groups is 1. The van der Waals surface area contributed by atoms with Gasteiger partial charge >= 0.3 is 0 Å². The third kappa shape index (κ3) is 1.81. The Morgan fingerprint density at radius 2 is 2.11 bits per heavy atom. The number of carbonyl (C=O) groups excluding carboxylic acids is 1. The summed E-state index contributed by atoms with van der Waals surface area (Å²) >= 11 is 0. The molecule has 2 bridgehead atoms. The van der Waals surface area contributed by atoms with E-state index in [9.17, 15) is 13.6 Å². The van der Waals surface area contributed by atoms with Gasteiger partial charge in [-0.3, -0.25) is 9.69 Å². The number of rotatable bonds is 2. The third-order valence-electron chi connectivity index (χ3n) is 4.84. The maximum Gasteiger partial charge on any atom is 0.186 e. The molecule has 0 saturated carbocycles. The Labute approximate surface area is 111 Å². The van der Waals surface area contributed by atoms with E-state index < -0.39 is 17.2 Å². The fourth-order valence-corrected chi connectivity index (χ4v) is 3.71. The number of benzene rings is 1. The summed E-state index contributed by atoms with van der Waals surface area (Å²) < 4.78 is 26.8. The Balaban J connectivity index is 1.99. The van der Waals surface area contributed by atoms with Gasteiger partial charge in [-0.1, -0.05) is 0 Å². The summed E-state index contributed by atoms with van der Waals surface area (Å²) in [6.45, 7) is 0. The molecule has 0 N–H and O–H groups in total. The van der Waals surface area contributed by atoms with Crippen molar-refractivity contribution in [1.82, 2.24) is 4.90 Å². The van der Waals surface area contributed by atoms with Gasteiger partial charge in [0.15, 0.2) is 5.78 Å². The van der Waals surface area contributed by atoms with Crippen molar-refractivity contribution in [3.8, 4) is 0 Å². The molecule has 2 nitrogen and oxygen atoms in total. The number of hydrogen-bond acceptors (Lipinski definition) is 2. The molecule has 0 amide bonds. The van der Waals surface area contributed by atoms with E-state index in [1.165, 1.54) is 6.07 Å². The van der Waals surface area contributed by atoms with Crippen molar-refractivity contribution in [2.24, 2.45) is 0 Å². The first-order valence-corrected chi connectivity index (χ1v) is 6.77. The molecule has 2 atom stereocenters. The number of Topliss-reactive ketones (excluding diaryl/α,β-unsaturated/α-hetero) is 1. The highest BCUT2D eigenvalue weighted by molar-refractivity contribution is 6.03. The monoisotopic (exact) mass is 265 g/mol. The predicted molar refractivity (Wildman–Crippen MR) is 68.1 cm³/mol. The first kappa shape index (κ1) is 12.7. The van der Waals surface area contributed by atoms with Crippen LogP contribution in [-0.4, -0.2) is 29.3 Å². The number of fused-ring (bicyclic) bond motifs is 2. The van der Waals surface area contributed by atoms with E-state index >= 15 is 0 Å². The largest absolute Gasteiger partial charge is 0.292 e. The molecule has 2 heterocycles. The van der Waals surface area contributed by atoms with E-state index in [0.717, 1.165) is 44.2 Å². The van der Waals surface area contributed by atoms with Gasteiger partial charge in [-0.2, -0.15) is 0 Å². The second-order valence-corrected chi connectivity index (χ2v) is 5.68. The van der Waals surface area contributed by atoms with E-state index in [2.05, 4.69) is 4.90 Å². The lowest BCUT2D eigenvalue weighted by Crippen LogP contribution is -2.53. The highest BCUT2D eigenvalue weighted by atomic mass is 19.1. The van der Waals surface area contributed by atoms with Crippen molar-refractivity contribution >= 4 is 5.78 Å².